The maximum absolute atomic E-state index is 13.3. The molecule has 0 bridgehead atoms. The molecule has 1 heterocycles. The predicted molar refractivity (Wildman–Crippen MR) is 148 cm³/mol. The molecule has 40 heavy (non-hydrogen) atoms. The lowest BCUT2D eigenvalue weighted by Gasteiger charge is -2.16. The lowest BCUT2D eigenvalue weighted by Crippen LogP contribution is -2.20. The van der Waals surface area contributed by atoms with Crippen LogP contribution in [0.3, 0.4) is 0 Å². The molecule has 3 rings (SSSR count). The molecule has 15 heteroatoms. The largest absolute Gasteiger partial charge is 0.394 e. The molecule has 0 fully saturated rings. The minimum Gasteiger partial charge on any atom is -0.394 e. The summed E-state index contributed by atoms with van der Waals surface area (Å²) in [4.78, 5) is 37.0. The van der Waals surface area contributed by atoms with Crippen molar-refractivity contribution in [3.8, 4) is 5.69 Å². The molecule has 0 spiro atoms. The number of thioether (sulfide) groups is 1. The van der Waals surface area contributed by atoms with Gasteiger partial charge in [-0.3, -0.25) is 24.3 Å². The van der Waals surface area contributed by atoms with E-state index in [1.54, 1.807) is 27.7 Å². The van der Waals surface area contributed by atoms with E-state index in [0.717, 1.165) is 22.9 Å². The topological polar surface area (TPSA) is 202 Å². The lowest BCUT2D eigenvalue weighted by atomic mass is 9.91. The second-order valence-corrected chi connectivity index (χ2v) is 12.4. The van der Waals surface area contributed by atoms with Crippen molar-refractivity contribution in [3.63, 3.8) is 0 Å². The molecular formula is C25H29N3O10S2. The highest BCUT2D eigenvalue weighted by Crippen LogP contribution is 2.31. The van der Waals surface area contributed by atoms with E-state index in [1.807, 2.05) is 0 Å². The Labute approximate surface area is 233 Å². The van der Waals surface area contributed by atoms with Crippen LogP contribution in [0.25, 0.3) is 5.69 Å². The van der Waals surface area contributed by atoms with Gasteiger partial charge in [0.2, 0.25) is 0 Å². The third kappa shape index (κ3) is 6.98. The smallest absolute Gasteiger partial charge is 0.297 e. The summed E-state index contributed by atoms with van der Waals surface area (Å²) in [6.07, 6.45) is -0.976. The Balaban J connectivity index is 2.02. The number of aliphatic hydroxyl groups is 2. The fraction of sp³-hybridized carbons (Fsp3) is 0.360. The first kappa shape index (κ1) is 31.0. The fourth-order valence-electron chi connectivity index (χ4n) is 3.71. The summed E-state index contributed by atoms with van der Waals surface area (Å²) in [5, 5.41) is 33.1. The highest BCUT2D eigenvalue weighted by Gasteiger charge is 2.30. The molecule has 0 aliphatic carbocycles. The average Bonchev–Trinajstić information content (AvgIpc) is 3.20. The second kappa shape index (κ2) is 11.9. The lowest BCUT2D eigenvalue weighted by molar-refractivity contribution is -0.384. The molecule has 13 nitrogen and oxygen atoms in total. The van der Waals surface area contributed by atoms with Gasteiger partial charge in [0.25, 0.3) is 27.3 Å². The number of benzene rings is 2. The van der Waals surface area contributed by atoms with Crippen molar-refractivity contribution in [1.82, 2.24) is 4.74 Å². The van der Waals surface area contributed by atoms with Crippen LogP contribution in [-0.2, 0) is 21.3 Å². The van der Waals surface area contributed by atoms with Gasteiger partial charge in [-0.1, -0.05) is 26.8 Å². The van der Waals surface area contributed by atoms with Crippen molar-refractivity contribution < 1.29 is 37.4 Å². The van der Waals surface area contributed by atoms with Crippen LogP contribution in [0.2, 0.25) is 0 Å². The first-order chi connectivity index (χ1) is 18.5. The van der Waals surface area contributed by atoms with E-state index in [0.29, 0.717) is 5.56 Å². The summed E-state index contributed by atoms with van der Waals surface area (Å²) in [6, 6.07) is 7.00. The summed E-state index contributed by atoms with van der Waals surface area (Å²) in [5.41, 5.74) is -1.48. The van der Waals surface area contributed by atoms with E-state index >= 15 is 0 Å². The highest BCUT2D eigenvalue weighted by atomic mass is 32.2. The number of rotatable bonds is 10. The van der Waals surface area contributed by atoms with Gasteiger partial charge >= 0.3 is 0 Å². The van der Waals surface area contributed by atoms with E-state index < -0.39 is 55.2 Å². The maximum Gasteiger partial charge on any atom is 0.297 e. The minimum atomic E-state index is -4.53. The normalized spacial score (nSPS) is 12.8. The molecule has 4 N–H and O–H groups in total. The first-order valence-corrected chi connectivity index (χ1v) is 14.4. The maximum atomic E-state index is 13.3. The van der Waals surface area contributed by atoms with Crippen LogP contribution >= 0.6 is 11.8 Å². The zero-order valence-electron chi connectivity index (χ0n) is 22.1. The van der Waals surface area contributed by atoms with Crippen LogP contribution in [0.15, 0.2) is 50.6 Å². The predicted octanol–water partition coefficient (Wildman–Crippen LogP) is 3.03. The van der Waals surface area contributed by atoms with Crippen molar-refractivity contribution in [2.45, 2.75) is 49.9 Å². The van der Waals surface area contributed by atoms with Crippen LogP contribution in [0, 0.1) is 17.0 Å². The van der Waals surface area contributed by atoms with Crippen molar-refractivity contribution in [2.24, 2.45) is 0 Å². The van der Waals surface area contributed by atoms with E-state index in [4.69, 9.17) is 9.63 Å². The summed E-state index contributed by atoms with van der Waals surface area (Å²) in [5.74, 6) is -0.239. The molecule has 1 atom stereocenters. The summed E-state index contributed by atoms with van der Waals surface area (Å²) >= 11 is 1.19. The van der Waals surface area contributed by atoms with Gasteiger partial charge in [0.15, 0.2) is 5.69 Å². The third-order valence-electron chi connectivity index (χ3n) is 5.76. The van der Waals surface area contributed by atoms with Crippen LogP contribution in [0.5, 0.6) is 0 Å². The number of carbonyl (C=O) groups is 1. The van der Waals surface area contributed by atoms with E-state index in [1.165, 1.54) is 30.0 Å². The Kier molecular flexibility index (Phi) is 9.26. The Morgan fingerprint density at radius 3 is 2.48 bits per heavy atom. The van der Waals surface area contributed by atoms with Gasteiger partial charge in [0.05, 0.1) is 28.1 Å². The minimum absolute atomic E-state index is 0.0670. The van der Waals surface area contributed by atoms with E-state index in [9.17, 15) is 37.8 Å². The standard InChI is InChI=1S/C25H29N3O10S2/c1-14-5-7-17(40(35,36)37)10-19(14)26-23(31)15-6-8-20(21(9-15)28(33)34)27-24(32)18(13-39-12-16(30)11-29)22(38-27)25(2,3)4/h5-10,16,29-30H,11-13H2,1-4H3,(H,26,31)(H,35,36,37). The number of aromatic nitrogens is 1. The monoisotopic (exact) mass is 595 g/mol. The SMILES string of the molecule is Cc1ccc(S(=O)(=O)O)cc1NC(=O)c1ccc(-n2oc(C(C)(C)C)c(CSCC(O)CO)c2=O)c([N+](=O)[O-])c1. The number of nitro benzene ring substituents is 1. The number of anilines is 1. The van der Waals surface area contributed by atoms with Gasteiger partial charge in [-0.25, -0.2) is 0 Å². The number of nitro groups is 1. The summed E-state index contributed by atoms with van der Waals surface area (Å²) < 4.78 is 38.8. The van der Waals surface area contributed by atoms with Gasteiger partial charge in [0, 0.05) is 34.2 Å². The van der Waals surface area contributed by atoms with Gasteiger partial charge in [-0.05, 0) is 36.8 Å². The van der Waals surface area contributed by atoms with Crippen molar-refractivity contribution in [2.75, 3.05) is 17.7 Å². The molecule has 0 aliphatic rings. The molecule has 0 radical (unpaired) electrons. The van der Waals surface area contributed by atoms with Gasteiger partial charge in [-0.15, -0.1) is 4.74 Å². The van der Waals surface area contributed by atoms with Gasteiger partial charge < -0.3 is 20.1 Å². The quantitative estimate of drug-likeness (QED) is 0.152. The summed E-state index contributed by atoms with van der Waals surface area (Å²) in [7, 11) is -4.53. The van der Waals surface area contributed by atoms with Crippen molar-refractivity contribution in [1.29, 1.82) is 0 Å². The third-order valence-corrected chi connectivity index (χ3v) is 7.72. The molecule has 2 aromatic carbocycles. The molecule has 0 saturated heterocycles. The molecule has 0 saturated carbocycles. The number of carbonyl (C=O) groups excluding carboxylic acids is 1. The molecule has 1 amide bonds. The van der Waals surface area contributed by atoms with Gasteiger partial charge in [0.1, 0.15) is 5.76 Å². The Morgan fingerprint density at radius 1 is 1.23 bits per heavy atom. The first-order valence-electron chi connectivity index (χ1n) is 11.8. The number of nitrogens with zero attached hydrogens (tertiary/aromatic N) is 2. The summed E-state index contributed by atoms with van der Waals surface area (Å²) in [6.45, 7) is 6.55. The second-order valence-electron chi connectivity index (χ2n) is 9.97. The number of aryl methyl sites for hydroxylation is 1. The molecular weight excluding hydrogens is 566 g/mol. The number of aliphatic hydroxyl groups excluding tert-OH is 2. The van der Waals surface area contributed by atoms with E-state index in [2.05, 4.69) is 5.32 Å². The zero-order chi connectivity index (χ0) is 30.0. The zero-order valence-corrected chi connectivity index (χ0v) is 23.7. The van der Waals surface area contributed by atoms with Crippen LogP contribution in [-0.4, -0.2) is 57.2 Å². The van der Waals surface area contributed by atoms with Crippen molar-refractivity contribution in [3.05, 3.63) is 79.3 Å². The van der Waals surface area contributed by atoms with Gasteiger partial charge in [-0.2, -0.15) is 20.2 Å². The molecule has 1 unspecified atom stereocenters. The van der Waals surface area contributed by atoms with Crippen molar-refractivity contribution >= 4 is 39.2 Å². The Hall–Kier alpha value is -3.50. The molecule has 3 aromatic rings. The molecule has 1 aromatic heterocycles. The number of nitrogens with one attached hydrogen (secondary N) is 1. The van der Waals surface area contributed by atoms with E-state index in [-0.39, 0.29) is 39.8 Å². The molecule has 0 aliphatic heterocycles. The number of hydrogen-bond donors (Lipinski definition) is 4. The number of hydrogen-bond acceptors (Lipinski definition) is 10. The number of amides is 1. The fourth-order valence-corrected chi connectivity index (χ4v) is 5.17. The highest BCUT2D eigenvalue weighted by molar-refractivity contribution is 7.98. The van der Waals surface area contributed by atoms with Crippen LogP contribution in [0.1, 0.15) is 48.0 Å². The molecule has 216 valence electrons. The average molecular weight is 596 g/mol. The Morgan fingerprint density at radius 2 is 1.90 bits per heavy atom. The van der Waals surface area contributed by atoms with Crippen LogP contribution in [0.4, 0.5) is 11.4 Å². The Bertz CT molecular complexity index is 1600. The van der Waals surface area contributed by atoms with Crippen LogP contribution < -0.4 is 10.9 Å².